The number of hydrogen-bond donors (Lipinski definition) is 1. The Bertz CT molecular complexity index is 906. The van der Waals surface area contributed by atoms with Gasteiger partial charge in [-0.1, -0.05) is 32.9 Å². The summed E-state index contributed by atoms with van der Waals surface area (Å²) in [6, 6.07) is 4.92. The van der Waals surface area contributed by atoms with E-state index in [1.807, 2.05) is 6.07 Å². The third kappa shape index (κ3) is 3.18. The molecule has 0 saturated heterocycles. The molecule has 0 spiro atoms. The molecule has 0 aliphatic heterocycles. The Morgan fingerprint density at radius 3 is 2.27 bits per heavy atom. The molecule has 1 aliphatic rings. The Balaban J connectivity index is 2.08. The second-order valence-electron chi connectivity index (χ2n) is 8.39. The summed E-state index contributed by atoms with van der Waals surface area (Å²) in [5.74, 6) is -1.15. The number of nitrogens with zero attached hydrogens (tertiary/aromatic N) is 1. The van der Waals surface area contributed by atoms with Crippen molar-refractivity contribution in [2.75, 3.05) is 0 Å². The highest BCUT2D eigenvalue weighted by atomic mass is 19.1. The zero-order valence-corrected chi connectivity index (χ0v) is 15.8. The number of hydrogen-bond acceptors (Lipinski definition) is 3. The number of fused-ring (bicyclic) bond motifs is 1. The predicted octanol–water partition coefficient (Wildman–Crippen LogP) is 5.42. The van der Waals surface area contributed by atoms with Crippen LogP contribution in [0.15, 0.2) is 22.7 Å². The molecule has 0 radical (unpaired) electrons. The van der Waals surface area contributed by atoms with E-state index in [0.29, 0.717) is 11.1 Å². The number of benzene rings is 1. The van der Waals surface area contributed by atoms with Crippen molar-refractivity contribution in [3.8, 4) is 0 Å². The molecule has 4 nitrogen and oxygen atoms in total. The molecule has 0 fully saturated rings. The second kappa shape index (κ2) is 6.08. The van der Waals surface area contributed by atoms with E-state index in [2.05, 4.69) is 32.9 Å². The van der Waals surface area contributed by atoms with Gasteiger partial charge in [-0.2, -0.15) is 0 Å². The third-order valence-corrected chi connectivity index (χ3v) is 5.47. The Morgan fingerprint density at radius 1 is 1.15 bits per heavy atom. The number of halogens is 1. The highest BCUT2D eigenvalue weighted by molar-refractivity contribution is 5.87. The average molecular weight is 357 g/mol. The van der Waals surface area contributed by atoms with E-state index in [4.69, 9.17) is 9.63 Å². The van der Waals surface area contributed by atoms with Crippen molar-refractivity contribution in [1.29, 1.82) is 0 Å². The maximum absolute atomic E-state index is 14.9. The lowest BCUT2D eigenvalue weighted by Crippen LogP contribution is -2.34. The van der Waals surface area contributed by atoms with Gasteiger partial charge in [0.25, 0.3) is 0 Å². The van der Waals surface area contributed by atoms with Gasteiger partial charge in [-0.05, 0) is 65.5 Å². The fraction of sp³-hybridized carbons (Fsp3) is 0.429. The van der Waals surface area contributed by atoms with E-state index < -0.39 is 5.97 Å². The Morgan fingerprint density at radius 2 is 1.73 bits per heavy atom. The molecule has 1 aliphatic carbocycles. The van der Waals surface area contributed by atoms with Crippen LogP contribution in [0.1, 0.15) is 80.4 Å². The van der Waals surface area contributed by atoms with E-state index >= 15 is 0 Å². The molecule has 2 aromatic rings. The smallest absolute Gasteiger partial charge is 0.358 e. The molecule has 3 rings (SSSR count). The number of allylic oxidation sites excluding steroid dienone is 1. The largest absolute Gasteiger partial charge is 0.476 e. The zero-order valence-electron chi connectivity index (χ0n) is 15.8. The highest BCUT2D eigenvalue weighted by Crippen LogP contribution is 2.47. The molecule has 138 valence electrons. The van der Waals surface area contributed by atoms with Crippen LogP contribution in [0.4, 0.5) is 4.39 Å². The summed E-state index contributed by atoms with van der Waals surface area (Å²) in [6.07, 6.45) is 3.69. The SMILES string of the molecule is C/C(=C\c1cc(C(=O)O)no1)c1cc2c(cc1F)C(C)(C)CCC2(C)C. The summed E-state index contributed by atoms with van der Waals surface area (Å²) in [4.78, 5) is 10.9. The van der Waals surface area contributed by atoms with Crippen LogP contribution in [-0.2, 0) is 10.8 Å². The first-order chi connectivity index (χ1) is 12.0. The van der Waals surface area contributed by atoms with Gasteiger partial charge in [0.15, 0.2) is 11.5 Å². The van der Waals surface area contributed by atoms with Gasteiger partial charge >= 0.3 is 5.97 Å². The van der Waals surface area contributed by atoms with E-state index in [0.717, 1.165) is 18.4 Å². The van der Waals surface area contributed by atoms with Gasteiger partial charge in [-0.3, -0.25) is 0 Å². The standard InChI is InChI=1S/C21H24FNO3/c1-12(8-13-9-18(19(24)25)23-26-13)14-10-15-16(11-17(14)22)21(4,5)7-6-20(15,2)3/h8-11H,6-7H2,1-5H3,(H,24,25)/b12-8+. The van der Waals surface area contributed by atoms with Crippen LogP contribution in [0, 0.1) is 5.82 Å². The minimum Gasteiger partial charge on any atom is -0.476 e. The van der Waals surface area contributed by atoms with Crippen LogP contribution in [0.3, 0.4) is 0 Å². The molecule has 0 amide bonds. The minimum atomic E-state index is -1.16. The molecule has 26 heavy (non-hydrogen) atoms. The first-order valence-electron chi connectivity index (χ1n) is 8.74. The summed E-state index contributed by atoms with van der Waals surface area (Å²) < 4.78 is 19.9. The topological polar surface area (TPSA) is 63.3 Å². The number of aromatic nitrogens is 1. The quantitative estimate of drug-likeness (QED) is 0.796. The van der Waals surface area contributed by atoms with Gasteiger partial charge < -0.3 is 9.63 Å². The first kappa shape index (κ1) is 18.4. The van der Waals surface area contributed by atoms with Crippen LogP contribution in [0.25, 0.3) is 11.6 Å². The zero-order chi connectivity index (χ0) is 19.3. The molecule has 0 unspecified atom stereocenters. The maximum Gasteiger partial charge on any atom is 0.358 e. The lowest BCUT2D eigenvalue weighted by Gasteiger charge is -2.42. The number of carboxylic acids is 1. The van der Waals surface area contributed by atoms with Crippen LogP contribution in [0.2, 0.25) is 0 Å². The Labute approximate surface area is 152 Å². The summed E-state index contributed by atoms with van der Waals surface area (Å²) in [5.41, 5.74) is 3.16. The van der Waals surface area contributed by atoms with Crippen molar-refractivity contribution in [1.82, 2.24) is 5.16 Å². The van der Waals surface area contributed by atoms with E-state index in [1.54, 1.807) is 19.1 Å². The monoisotopic (exact) mass is 357 g/mol. The molecule has 5 heteroatoms. The lowest BCUT2D eigenvalue weighted by molar-refractivity contribution is 0.0685. The van der Waals surface area contributed by atoms with Crippen molar-refractivity contribution in [3.05, 3.63) is 52.2 Å². The third-order valence-electron chi connectivity index (χ3n) is 5.47. The molecule has 1 N–H and O–H groups in total. The molecule has 0 saturated carbocycles. The van der Waals surface area contributed by atoms with Gasteiger partial charge in [0, 0.05) is 11.6 Å². The predicted molar refractivity (Wildman–Crippen MR) is 98.7 cm³/mol. The first-order valence-corrected chi connectivity index (χ1v) is 8.74. The number of rotatable bonds is 3. The molecule has 0 bridgehead atoms. The summed E-state index contributed by atoms with van der Waals surface area (Å²) in [6.45, 7) is 10.5. The van der Waals surface area contributed by atoms with Crippen molar-refractivity contribution in [2.45, 2.75) is 58.3 Å². The van der Waals surface area contributed by atoms with Crippen LogP contribution < -0.4 is 0 Å². The Hall–Kier alpha value is -2.43. The van der Waals surface area contributed by atoms with Gasteiger partial charge in [-0.15, -0.1) is 0 Å². The molecule has 1 aromatic heterocycles. The summed E-state index contributed by atoms with van der Waals surface area (Å²) >= 11 is 0. The summed E-state index contributed by atoms with van der Waals surface area (Å²) in [5, 5.41) is 12.4. The van der Waals surface area contributed by atoms with Crippen LogP contribution >= 0.6 is 0 Å². The summed E-state index contributed by atoms with van der Waals surface area (Å²) in [7, 11) is 0. The molecule has 1 heterocycles. The minimum absolute atomic E-state index is 0.0176. The Kier molecular flexibility index (Phi) is 4.29. The van der Waals surface area contributed by atoms with Gasteiger partial charge in [0.1, 0.15) is 5.82 Å². The normalized spacial score (nSPS) is 18.5. The molecular weight excluding hydrogens is 333 g/mol. The van der Waals surface area contributed by atoms with Crippen LogP contribution in [-0.4, -0.2) is 16.2 Å². The number of aromatic carboxylic acids is 1. The fourth-order valence-corrected chi connectivity index (χ4v) is 3.64. The van der Waals surface area contributed by atoms with Crippen molar-refractivity contribution < 1.29 is 18.8 Å². The highest BCUT2D eigenvalue weighted by Gasteiger charge is 2.37. The maximum atomic E-state index is 14.9. The van der Waals surface area contributed by atoms with Crippen LogP contribution in [0.5, 0.6) is 0 Å². The molecular formula is C21H24FNO3. The number of carboxylic acid groups (broad SMARTS) is 1. The van der Waals surface area contributed by atoms with Crippen molar-refractivity contribution in [2.24, 2.45) is 0 Å². The van der Waals surface area contributed by atoms with Gasteiger partial charge in [0.2, 0.25) is 0 Å². The lowest BCUT2D eigenvalue weighted by atomic mass is 9.63. The molecule has 0 atom stereocenters. The van der Waals surface area contributed by atoms with Gasteiger partial charge in [-0.25, -0.2) is 9.18 Å². The fourth-order valence-electron chi connectivity index (χ4n) is 3.64. The van der Waals surface area contributed by atoms with Crippen molar-refractivity contribution in [3.63, 3.8) is 0 Å². The second-order valence-corrected chi connectivity index (χ2v) is 8.39. The van der Waals surface area contributed by atoms with Crippen molar-refractivity contribution >= 4 is 17.6 Å². The van der Waals surface area contributed by atoms with E-state index in [1.165, 1.54) is 11.6 Å². The average Bonchev–Trinajstić information content (AvgIpc) is 3.00. The van der Waals surface area contributed by atoms with E-state index in [9.17, 15) is 9.18 Å². The molecule has 1 aromatic carbocycles. The van der Waals surface area contributed by atoms with Gasteiger partial charge in [0.05, 0.1) is 0 Å². The number of carbonyl (C=O) groups is 1. The van der Waals surface area contributed by atoms with E-state index in [-0.39, 0.29) is 28.1 Å².